The Bertz CT molecular complexity index is 850. The fourth-order valence-electron chi connectivity index (χ4n) is 4.73. The van der Waals surface area contributed by atoms with Gasteiger partial charge in [0, 0.05) is 44.8 Å². The summed E-state index contributed by atoms with van der Waals surface area (Å²) in [4.78, 5) is 33.4. The molecule has 2 fully saturated rings. The van der Waals surface area contributed by atoms with Crippen molar-refractivity contribution in [2.45, 2.75) is 45.1 Å². The zero-order valence-electron chi connectivity index (χ0n) is 16.3. The molecule has 0 bridgehead atoms. The van der Waals surface area contributed by atoms with Crippen LogP contribution in [0.1, 0.15) is 37.6 Å². The van der Waals surface area contributed by atoms with Crippen molar-refractivity contribution in [3.63, 3.8) is 0 Å². The zero-order chi connectivity index (χ0) is 19.7. The molecule has 28 heavy (non-hydrogen) atoms. The Morgan fingerprint density at radius 3 is 2.86 bits per heavy atom. The molecule has 2 aliphatic rings. The highest BCUT2D eigenvalue weighted by Gasteiger charge is 2.49. The molecule has 4 rings (SSSR count). The number of carbonyl (C=O) groups is 2. The fraction of sp³-hybridized carbons (Fsp3) is 0.571. The summed E-state index contributed by atoms with van der Waals surface area (Å²) in [5.41, 5.74) is 0.715. The van der Waals surface area contributed by atoms with E-state index in [9.17, 15) is 14.7 Å². The quantitative estimate of drug-likeness (QED) is 0.854. The molecule has 0 radical (unpaired) electrons. The van der Waals surface area contributed by atoms with E-state index in [0.29, 0.717) is 32.5 Å². The summed E-state index contributed by atoms with van der Waals surface area (Å²) in [5, 5.41) is 11.1. The molecule has 7 heteroatoms. The van der Waals surface area contributed by atoms with Crippen LogP contribution in [0, 0.1) is 5.41 Å². The third-order valence-electron chi connectivity index (χ3n) is 6.40. The third-order valence-corrected chi connectivity index (χ3v) is 7.50. The predicted octanol–water partition coefficient (Wildman–Crippen LogP) is 2.45. The molecule has 2 saturated heterocycles. The highest BCUT2D eigenvalue weighted by atomic mass is 32.1. The van der Waals surface area contributed by atoms with Crippen LogP contribution in [0.15, 0.2) is 24.3 Å². The highest BCUT2D eigenvalue weighted by molar-refractivity contribution is 7.18. The Morgan fingerprint density at radius 1 is 1.29 bits per heavy atom. The average molecular weight is 402 g/mol. The van der Waals surface area contributed by atoms with Gasteiger partial charge < -0.3 is 14.9 Å². The van der Waals surface area contributed by atoms with Crippen LogP contribution in [0.5, 0.6) is 0 Å². The summed E-state index contributed by atoms with van der Waals surface area (Å²) in [6.07, 6.45) is 3.63. The number of hydrogen-bond acceptors (Lipinski definition) is 5. The van der Waals surface area contributed by atoms with Gasteiger partial charge in [-0.3, -0.25) is 9.59 Å². The molecular formula is C21H27N3O3S. The van der Waals surface area contributed by atoms with Crippen molar-refractivity contribution in [3.05, 3.63) is 29.3 Å². The van der Waals surface area contributed by atoms with Gasteiger partial charge in [-0.2, -0.15) is 0 Å². The second kappa shape index (κ2) is 7.79. The molecule has 2 atom stereocenters. The minimum atomic E-state index is -0.268. The fourth-order valence-corrected chi connectivity index (χ4v) is 5.70. The van der Waals surface area contributed by atoms with Gasteiger partial charge in [0.05, 0.1) is 27.9 Å². The number of fused-ring (bicyclic) bond motifs is 2. The molecule has 0 unspecified atom stereocenters. The number of amides is 2. The first-order valence-electron chi connectivity index (χ1n) is 10.0. The molecule has 150 valence electrons. The maximum absolute atomic E-state index is 13.1. The van der Waals surface area contributed by atoms with Gasteiger partial charge in [-0.1, -0.05) is 12.1 Å². The first kappa shape index (κ1) is 19.3. The van der Waals surface area contributed by atoms with E-state index in [-0.39, 0.29) is 29.9 Å². The topological polar surface area (TPSA) is 73.7 Å². The number of likely N-dealkylation sites (tertiary alicyclic amines) is 2. The monoisotopic (exact) mass is 401 g/mol. The average Bonchev–Trinajstić information content (AvgIpc) is 3.14. The van der Waals surface area contributed by atoms with Gasteiger partial charge in [0.15, 0.2) is 0 Å². The lowest BCUT2D eigenvalue weighted by atomic mass is 9.69. The number of piperidine rings is 2. The maximum atomic E-state index is 13.1. The summed E-state index contributed by atoms with van der Waals surface area (Å²) in [6, 6.07) is 7.93. The number of para-hydroxylation sites is 1. The Balaban J connectivity index is 1.47. The Hall–Kier alpha value is -1.99. The number of thiazole rings is 1. The molecule has 3 heterocycles. The van der Waals surface area contributed by atoms with Crippen LogP contribution in [-0.4, -0.2) is 64.0 Å². The standard InChI is InChI=1S/C21H27N3O3S/c1-15(26)23-12-10-21(14-25)9-4-11-24(18(21)13-23)20(27)8-7-19-22-16-5-2-3-6-17(16)28-19/h2-3,5-6,18,25H,4,7-14H2,1H3/t18-,21-/m0/s1. The third kappa shape index (κ3) is 3.53. The van der Waals surface area contributed by atoms with Crippen molar-refractivity contribution >= 4 is 33.4 Å². The van der Waals surface area contributed by atoms with Gasteiger partial charge in [0.25, 0.3) is 0 Å². The summed E-state index contributed by atoms with van der Waals surface area (Å²) in [5.74, 6) is 0.145. The number of aliphatic hydroxyl groups excluding tert-OH is 1. The number of aromatic nitrogens is 1. The largest absolute Gasteiger partial charge is 0.396 e. The van der Waals surface area contributed by atoms with Gasteiger partial charge in [0.1, 0.15) is 0 Å². The summed E-state index contributed by atoms with van der Waals surface area (Å²) in [6.45, 7) is 3.55. The minimum Gasteiger partial charge on any atom is -0.396 e. The van der Waals surface area contributed by atoms with Crippen LogP contribution in [-0.2, 0) is 16.0 Å². The lowest BCUT2D eigenvalue weighted by molar-refractivity contribution is -0.152. The van der Waals surface area contributed by atoms with E-state index in [1.165, 1.54) is 0 Å². The molecule has 1 N–H and O–H groups in total. The van der Waals surface area contributed by atoms with Crippen LogP contribution in [0.4, 0.5) is 0 Å². The molecule has 0 saturated carbocycles. The second-order valence-electron chi connectivity index (χ2n) is 8.02. The normalized spacial score (nSPS) is 25.0. The number of nitrogens with zero attached hydrogens (tertiary/aromatic N) is 3. The minimum absolute atomic E-state index is 0.0407. The van der Waals surface area contributed by atoms with Gasteiger partial charge >= 0.3 is 0 Å². The Morgan fingerprint density at radius 2 is 2.11 bits per heavy atom. The highest BCUT2D eigenvalue weighted by Crippen LogP contribution is 2.42. The Labute approximate surface area is 169 Å². The summed E-state index contributed by atoms with van der Waals surface area (Å²) >= 11 is 1.64. The predicted molar refractivity (Wildman–Crippen MR) is 109 cm³/mol. The van der Waals surface area contributed by atoms with E-state index >= 15 is 0 Å². The van der Waals surface area contributed by atoms with E-state index < -0.39 is 0 Å². The van der Waals surface area contributed by atoms with Crippen LogP contribution >= 0.6 is 11.3 Å². The molecule has 1 aromatic heterocycles. The second-order valence-corrected chi connectivity index (χ2v) is 9.13. The van der Waals surface area contributed by atoms with Crippen molar-refractivity contribution in [1.82, 2.24) is 14.8 Å². The molecule has 0 aliphatic carbocycles. The molecule has 2 aromatic rings. The van der Waals surface area contributed by atoms with Gasteiger partial charge in [-0.05, 0) is 31.4 Å². The van der Waals surface area contributed by atoms with Crippen LogP contribution in [0.25, 0.3) is 10.2 Å². The van der Waals surface area contributed by atoms with E-state index in [1.807, 2.05) is 28.0 Å². The van der Waals surface area contributed by atoms with Crippen LogP contribution in [0.2, 0.25) is 0 Å². The van der Waals surface area contributed by atoms with Crippen molar-refractivity contribution in [3.8, 4) is 0 Å². The SMILES string of the molecule is CC(=O)N1CC[C@]2(CO)CCCN(C(=O)CCc3nc4ccccc4s3)[C@H]2C1. The zero-order valence-corrected chi connectivity index (χ0v) is 17.1. The molecular weight excluding hydrogens is 374 g/mol. The molecule has 2 amide bonds. The van der Waals surface area contributed by atoms with Crippen molar-refractivity contribution in [2.75, 3.05) is 26.2 Å². The van der Waals surface area contributed by atoms with E-state index in [2.05, 4.69) is 11.1 Å². The van der Waals surface area contributed by atoms with E-state index in [1.54, 1.807) is 18.3 Å². The lowest BCUT2D eigenvalue weighted by Gasteiger charge is -2.54. The van der Waals surface area contributed by atoms with Crippen molar-refractivity contribution < 1.29 is 14.7 Å². The number of hydrogen-bond donors (Lipinski definition) is 1. The van der Waals surface area contributed by atoms with Crippen LogP contribution in [0.3, 0.4) is 0 Å². The molecule has 0 spiro atoms. The van der Waals surface area contributed by atoms with Crippen molar-refractivity contribution in [1.29, 1.82) is 0 Å². The Kier molecular flexibility index (Phi) is 5.38. The van der Waals surface area contributed by atoms with Gasteiger partial charge in [0.2, 0.25) is 11.8 Å². The molecule has 1 aromatic carbocycles. The number of rotatable bonds is 4. The maximum Gasteiger partial charge on any atom is 0.223 e. The number of aliphatic hydroxyl groups is 1. The first-order valence-corrected chi connectivity index (χ1v) is 10.8. The molecule has 6 nitrogen and oxygen atoms in total. The first-order chi connectivity index (χ1) is 13.5. The van der Waals surface area contributed by atoms with E-state index in [4.69, 9.17) is 0 Å². The van der Waals surface area contributed by atoms with Crippen molar-refractivity contribution in [2.24, 2.45) is 5.41 Å². The summed E-state index contributed by atoms with van der Waals surface area (Å²) < 4.78 is 1.14. The van der Waals surface area contributed by atoms with Gasteiger partial charge in [-0.15, -0.1) is 11.3 Å². The molecule has 2 aliphatic heterocycles. The number of benzene rings is 1. The van der Waals surface area contributed by atoms with Crippen LogP contribution < -0.4 is 0 Å². The lowest BCUT2D eigenvalue weighted by Crippen LogP contribution is -2.64. The number of carbonyl (C=O) groups excluding carboxylic acids is 2. The number of aryl methyl sites for hydroxylation is 1. The smallest absolute Gasteiger partial charge is 0.223 e. The van der Waals surface area contributed by atoms with E-state index in [0.717, 1.165) is 34.5 Å². The summed E-state index contributed by atoms with van der Waals surface area (Å²) in [7, 11) is 0. The van der Waals surface area contributed by atoms with Gasteiger partial charge in [-0.25, -0.2) is 4.98 Å².